The molecule has 0 aliphatic carbocycles. The Morgan fingerprint density at radius 1 is 1.41 bits per heavy atom. The first-order chi connectivity index (χ1) is 10.3. The summed E-state index contributed by atoms with van der Waals surface area (Å²) in [5.41, 5.74) is 2.89. The predicted octanol–water partition coefficient (Wildman–Crippen LogP) is 0.00410. The fraction of sp³-hybridized carbons (Fsp3) is 0.571. The summed E-state index contributed by atoms with van der Waals surface area (Å²) in [5.74, 6) is -0.0963. The molecule has 0 bridgehead atoms. The molecular formula is C14H21N3O4S. The standard InChI is InChI=1S/C14H21N3O4S/c1-16(2)14(18)10-21-9-12-7-15-6-11-8-17(22(3,19)20)5-4-13(11)12/h6-7H,4-5,8-10H2,1-3H3. The van der Waals surface area contributed by atoms with Crippen LogP contribution >= 0.6 is 0 Å². The van der Waals surface area contributed by atoms with E-state index in [9.17, 15) is 13.2 Å². The smallest absolute Gasteiger partial charge is 0.248 e. The van der Waals surface area contributed by atoms with Crippen LogP contribution < -0.4 is 0 Å². The maximum absolute atomic E-state index is 11.6. The minimum absolute atomic E-state index is 0.0200. The minimum Gasteiger partial charge on any atom is -0.367 e. The van der Waals surface area contributed by atoms with Gasteiger partial charge in [-0.2, -0.15) is 4.31 Å². The van der Waals surface area contributed by atoms with E-state index >= 15 is 0 Å². The molecule has 1 aromatic rings. The van der Waals surface area contributed by atoms with Crippen molar-refractivity contribution in [2.45, 2.75) is 19.6 Å². The third-order valence-electron chi connectivity index (χ3n) is 3.64. The summed E-state index contributed by atoms with van der Waals surface area (Å²) in [4.78, 5) is 17.1. The fourth-order valence-corrected chi connectivity index (χ4v) is 3.12. The Labute approximate surface area is 130 Å². The van der Waals surface area contributed by atoms with Gasteiger partial charge in [0.1, 0.15) is 6.61 Å². The Hall–Kier alpha value is -1.51. The Morgan fingerprint density at radius 3 is 2.77 bits per heavy atom. The fourth-order valence-electron chi connectivity index (χ4n) is 2.33. The molecule has 8 heteroatoms. The van der Waals surface area contributed by atoms with Crippen LogP contribution in [0.4, 0.5) is 0 Å². The van der Waals surface area contributed by atoms with Gasteiger partial charge in [-0.3, -0.25) is 9.78 Å². The normalized spacial score (nSPS) is 15.4. The van der Waals surface area contributed by atoms with Crippen LogP contribution in [0.25, 0.3) is 0 Å². The van der Waals surface area contributed by atoms with Crippen molar-refractivity contribution in [3.05, 3.63) is 29.1 Å². The number of sulfonamides is 1. The molecule has 2 rings (SSSR count). The molecule has 0 saturated carbocycles. The summed E-state index contributed by atoms with van der Waals surface area (Å²) in [5, 5.41) is 0. The third kappa shape index (κ3) is 4.02. The largest absolute Gasteiger partial charge is 0.367 e. The second-order valence-electron chi connectivity index (χ2n) is 5.56. The molecule has 0 aromatic carbocycles. The summed E-state index contributed by atoms with van der Waals surface area (Å²) in [6, 6.07) is 0. The zero-order valence-corrected chi connectivity index (χ0v) is 13.9. The van der Waals surface area contributed by atoms with Gasteiger partial charge in [-0.25, -0.2) is 8.42 Å². The quantitative estimate of drug-likeness (QED) is 0.761. The Morgan fingerprint density at radius 2 is 2.14 bits per heavy atom. The average Bonchev–Trinajstić information content (AvgIpc) is 2.45. The molecule has 1 aromatic heterocycles. The number of likely N-dealkylation sites (N-methyl/N-ethyl adjacent to an activating group) is 1. The van der Waals surface area contributed by atoms with Gasteiger partial charge in [0.2, 0.25) is 15.9 Å². The van der Waals surface area contributed by atoms with E-state index in [-0.39, 0.29) is 12.5 Å². The van der Waals surface area contributed by atoms with E-state index in [1.54, 1.807) is 26.5 Å². The van der Waals surface area contributed by atoms with E-state index < -0.39 is 10.0 Å². The molecule has 0 spiro atoms. The average molecular weight is 327 g/mol. The number of carbonyl (C=O) groups is 1. The molecule has 22 heavy (non-hydrogen) atoms. The van der Waals surface area contributed by atoms with E-state index in [0.717, 1.165) is 16.7 Å². The van der Waals surface area contributed by atoms with Crippen LogP contribution in [0, 0.1) is 0 Å². The molecule has 7 nitrogen and oxygen atoms in total. The van der Waals surface area contributed by atoms with Crippen molar-refractivity contribution in [2.24, 2.45) is 0 Å². The lowest BCUT2D eigenvalue weighted by Gasteiger charge is -2.27. The maximum atomic E-state index is 11.6. The number of amides is 1. The number of ether oxygens (including phenoxy) is 1. The van der Waals surface area contributed by atoms with Gasteiger partial charge in [-0.05, 0) is 23.1 Å². The molecule has 1 aliphatic heterocycles. The number of carbonyl (C=O) groups excluding carboxylic acids is 1. The van der Waals surface area contributed by atoms with Crippen molar-refractivity contribution >= 4 is 15.9 Å². The molecule has 0 fully saturated rings. The van der Waals surface area contributed by atoms with Crippen molar-refractivity contribution in [3.63, 3.8) is 0 Å². The van der Waals surface area contributed by atoms with E-state index in [1.807, 2.05) is 0 Å². The monoisotopic (exact) mass is 327 g/mol. The summed E-state index contributed by atoms with van der Waals surface area (Å²) in [7, 11) is 0.161. The van der Waals surface area contributed by atoms with Gasteiger partial charge in [-0.15, -0.1) is 0 Å². The van der Waals surface area contributed by atoms with Crippen LogP contribution in [-0.2, 0) is 39.1 Å². The van der Waals surface area contributed by atoms with Crippen LogP contribution in [0.15, 0.2) is 12.4 Å². The van der Waals surface area contributed by atoms with Crippen LogP contribution in [0.5, 0.6) is 0 Å². The van der Waals surface area contributed by atoms with Gasteiger partial charge in [0.05, 0.1) is 12.9 Å². The Kier molecular flexibility index (Phi) is 5.15. The van der Waals surface area contributed by atoms with Gasteiger partial charge < -0.3 is 9.64 Å². The molecule has 0 atom stereocenters. The summed E-state index contributed by atoms with van der Waals surface area (Å²) < 4.78 is 30.1. The molecule has 0 N–H and O–H groups in total. The van der Waals surface area contributed by atoms with Gasteiger partial charge in [0.25, 0.3) is 0 Å². The predicted molar refractivity (Wildman–Crippen MR) is 81.5 cm³/mol. The molecule has 122 valence electrons. The molecule has 2 heterocycles. The van der Waals surface area contributed by atoms with Crippen molar-refractivity contribution < 1.29 is 17.9 Å². The number of aromatic nitrogens is 1. The molecule has 0 saturated heterocycles. The van der Waals surface area contributed by atoms with Crippen LogP contribution in [0.1, 0.15) is 16.7 Å². The number of rotatable bonds is 5. The number of fused-ring (bicyclic) bond motifs is 1. The summed E-state index contributed by atoms with van der Waals surface area (Å²) in [6.45, 7) is 1.12. The first-order valence-electron chi connectivity index (χ1n) is 6.96. The third-order valence-corrected chi connectivity index (χ3v) is 4.89. The van der Waals surface area contributed by atoms with E-state index in [0.29, 0.717) is 26.1 Å². The lowest BCUT2D eigenvalue weighted by molar-refractivity contribution is -0.133. The van der Waals surface area contributed by atoms with E-state index in [1.165, 1.54) is 15.5 Å². The summed E-state index contributed by atoms with van der Waals surface area (Å²) in [6.07, 6.45) is 5.26. The lowest BCUT2D eigenvalue weighted by atomic mass is 9.99. The molecule has 0 radical (unpaired) electrons. The van der Waals surface area contributed by atoms with Crippen LogP contribution in [0.3, 0.4) is 0 Å². The Balaban J connectivity index is 2.06. The molecule has 0 unspecified atom stereocenters. The SMILES string of the molecule is CN(C)C(=O)COCc1cncc2c1CCN(S(C)(=O)=O)C2. The number of hydrogen-bond acceptors (Lipinski definition) is 5. The first-order valence-corrected chi connectivity index (χ1v) is 8.81. The van der Waals surface area contributed by atoms with Gasteiger partial charge in [-0.1, -0.05) is 0 Å². The highest BCUT2D eigenvalue weighted by Crippen LogP contribution is 2.23. The zero-order valence-electron chi connectivity index (χ0n) is 13.1. The van der Waals surface area contributed by atoms with Crippen molar-refractivity contribution in [3.8, 4) is 0 Å². The van der Waals surface area contributed by atoms with Crippen molar-refractivity contribution in [2.75, 3.05) is 33.5 Å². The highest BCUT2D eigenvalue weighted by Gasteiger charge is 2.24. The minimum atomic E-state index is -3.20. The van der Waals surface area contributed by atoms with Gasteiger partial charge in [0, 0.05) is 39.6 Å². The van der Waals surface area contributed by atoms with Crippen LogP contribution in [0.2, 0.25) is 0 Å². The lowest BCUT2D eigenvalue weighted by Crippen LogP contribution is -2.35. The zero-order chi connectivity index (χ0) is 16.3. The highest BCUT2D eigenvalue weighted by atomic mass is 32.2. The van der Waals surface area contributed by atoms with Gasteiger partial charge >= 0.3 is 0 Å². The molecular weight excluding hydrogens is 306 g/mol. The molecule has 1 aliphatic rings. The van der Waals surface area contributed by atoms with E-state index in [4.69, 9.17) is 4.74 Å². The van der Waals surface area contributed by atoms with Crippen molar-refractivity contribution in [1.29, 1.82) is 0 Å². The highest BCUT2D eigenvalue weighted by molar-refractivity contribution is 7.88. The van der Waals surface area contributed by atoms with Crippen molar-refractivity contribution in [1.82, 2.24) is 14.2 Å². The number of hydrogen-bond donors (Lipinski definition) is 0. The van der Waals surface area contributed by atoms with Gasteiger partial charge in [0.15, 0.2) is 0 Å². The molecule has 1 amide bonds. The topological polar surface area (TPSA) is 79.8 Å². The van der Waals surface area contributed by atoms with E-state index in [2.05, 4.69) is 4.98 Å². The second kappa shape index (κ2) is 6.72. The summed E-state index contributed by atoms with van der Waals surface area (Å²) >= 11 is 0. The number of pyridine rings is 1. The maximum Gasteiger partial charge on any atom is 0.248 e. The van der Waals surface area contributed by atoms with Crippen LogP contribution in [-0.4, -0.2) is 62.0 Å². The second-order valence-corrected chi connectivity index (χ2v) is 7.55. The first kappa shape index (κ1) is 16.9. The number of nitrogens with zero attached hydrogens (tertiary/aromatic N) is 3. The Bertz CT molecular complexity index is 658.